The van der Waals surface area contributed by atoms with E-state index in [1.54, 1.807) is 0 Å². The fraction of sp³-hybridized carbons (Fsp3) is 0.0270. The molecule has 0 atom stereocenters. The van der Waals surface area contributed by atoms with Gasteiger partial charge in [-0.05, 0) is 90.0 Å². The number of hydrogen-bond acceptors (Lipinski definition) is 0. The van der Waals surface area contributed by atoms with Gasteiger partial charge in [0.25, 0.3) is 0 Å². The summed E-state index contributed by atoms with van der Waals surface area (Å²) < 4.78 is 0. The highest BCUT2D eigenvalue weighted by molar-refractivity contribution is 6.31. The van der Waals surface area contributed by atoms with Crippen molar-refractivity contribution in [3.63, 3.8) is 0 Å². The van der Waals surface area contributed by atoms with E-state index in [-0.39, 0.29) is 0 Å². The van der Waals surface area contributed by atoms with Gasteiger partial charge in [0.05, 0.1) is 5.41 Å². The highest BCUT2D eigenvalue weighted by atomic mass is 35.5. The van der Waals surface area contributed by atoms with E-state index in [1.165, 1.54) is 65.7 Å². The van der Waals surface area contributed by atoms with E-state index >= 15 is 0 Å². The molecule has 0 aromatic heterocycles. The van der Waals surface area contributed by atoms with Crippen LogP contribution in [0.2, 0.25) is 5.02 Å². The zero-order valence-electron chi connectivity index (χ0n) is 20.7. The number of rotatable bonds is 2. The topological polar surface area (TPSA) is 0 Å². The van der Waals surface area contributed by atoms with Crippen molar-refractivity contribution in [2.45, 2.75) is 5.41 Å². The summed E-state index contributed by atoms with van der Waals surface area (Å²) in [5.74, 6) is 0. The van der Waals surface area contributed by atoms with Crippen LogP contribution < -0.4 is 0 Å². The van der Waals surface area contributed by atoms with Crippen molar-refractivity contribution in [3.8, 4) is 11.1 Å². The van der Waals surface area contributed by atoms with E-state index in [4.69, 9.17) is 11.6 Å². The van der Waals surface area contributed by atoms with Crippen molar-refractivity contribution in [3.05, 3.63) is 167 Å². The molecule has 0 unspecified atom stereocenters. The lowest BCUT2D eigenvalue weighted by Gasteiger charge is -2.34. The minimum atomic E-state index is -0.506. The van der Waals surface area contributed by atoms with Crippen molar-refractivity contribution >= 4 is 43.9 Å². The van der Waals surface area contributed by atoms with Crippen LogP contribution in [0.3, 0.4) is 0 Å². The van der Waals surface area contributed by atoms with E-state index in [2.05, 4.69) is 133 Å². The lowest BCUT2D eigenvalue weighted by atomic mass is 9.67. The second-order valence-corrected chi connectivity index (χ2v) is 10.7. The van der Waals surface area contributed by atoms with Crippen LogP contribution in [0.5, 0.6) is 0 Å². The highest BCUT2D eigenvalue weighted by Crippen LogP contribution is 2.58. The van der Waals surface area contributed by atoms with E-state index in [9.17, 15) is 0 Å². The van der Waals surface area contributed by atoms with Gasteiger partial charge in [0, 0.05) is 5.02 Å². The SMILES string of the molecule is Clc1ccc2c(c1)C(c1ccc3ccccc3c1)(c1ccc3ccccc3c1)c1ccc3ccccc3c1-2. The number of fused-ring (bicyclic) bond motifs is 7. The van der Waals surface area contributed by atoms with Gasteiger partial charge in [-0.15, -0.1) is 0 Å². The maximum Gasteiger partial charge on any atom is 0.0714 e. The summed E-state index contributed by atoms with van der Waals surface area (Å²) in [4.78, 5) is 0. The number of benzene rings is 7. The molecule has 0 heterocycles. The van der Waals surface area contributed by atoms with Crippen molar-refractivity contribution in [2.75, 3.05) is 0 Å². The van der Waals surface area contributed by atoms with Gasteiger partial charge < -0.3 is 0 Å². The molecule has 0 aliphatic heterocycles. The van der Waals surface area contributed by atoms with Gasteiger partial charge in [-0.1, -0.05) is 127 Å². The minimum absolute atomic E-state index is 0.506. The van der Waals surface area contributed by atoms with Gasteiger partial charge in [-0.25, -0.2) is 0 Å². The van der Waals surface area contributed by atoms with E-state index < -0.39 is 5.41 Å². The first-order chi connectivity index (χ1) is 18.7. The molecule has 8 rings (SSSR count). The quantitative estimate of drug-likeness (QED) is 0.220. The Hall–Kier alpha value is -4.39. The largest absolute Gasteiger partial charge is 0.0843 e. The second-order valence-electron chi connectivity index (χ2n) is 10.3. The van der Waals surface area contributed by atoms with Crippen LogP contribution in [0, 0.1) is 0 Å². The molecule has 7 aromatic rings. The third-order valence-electron chi connectivity index (χ3n) is 8.35. The molecule has 178 valence electrons. The zero-order valence-corrected chi connectivity index (χ0v) is 21.4. The molecule has 1 aliphatic carbocycles. The van der Waals surface area contributed by atoms with E-state index in [0.29, 0.717) is 0 Å². The molecule has 0 amide bonds. The molecule has 0 saturated heterocycles. The molecule has 0 fully saturated rings. The van der Waals surface area contributed by atoms with E-state index in [1.807, 2.05) is 6.07 Å². The van der Waals surface area contributed by atoms with E-state index in [0.717, 1.165) is 5.02 Å². The average molecular weight is 503 g/mol. The maximum atomic E-state index is 6.78. The summed E-state index contributed by atoms with van der Waals surface area (Å²) in [7, 11) is 0. The molecule has 7 aromatic carbocycles. The Bertz CT molecular complexity index is 1970. The fourth-order valence-corrected chi connectivity index (χ4v) is 6.87. The predicted molar refractivity (Wildman–Crippen MR) is 161 cm³/mol. The predicted octanol–water partition coefficient (Wildman–Crippen LogP) is 10.2. The summed E-state index contributed by atoms with van der Waals surface area (Å²) in [6.45, 7) is 0. The smallest absolute Gasteiger partial charge is 0.0714 e. The van der Waals surface area contributed by atoms with Gasteiger partial charge in [-0.3, -0.25) is 0 Å². The Morgan fingerprint density at radius 2 is 0.974 bits per heavy atom. The first-order valence-electron chi connectivity index (χ1n) is 13.0. The third kappa shape index (κ3) is 2.93. The van der Waals surface area contributed by atoms with Gasteiger partial charge in [0.1, 0.15) is 0 Å². The Morgan fingerprint density at radius 1 is 0.421 bits per heavy atom. The molecule has 0 spiro atoms. The zero-order chi connectivity index (χ0) is 25.3. The average Bonchev–Trinajstić information content (AvgIpc) is 3.27. The lowest BCUT2D eigenvalue weighted by molar-refractivity contribution is 0.772. The molecule has 1 heteroatoms. The van der Waals surface area contributed by atoms with Crippen molar-refractivity contribution < 1.29 is 0 Å². The van der Waals surface area contributed by atoms with Crippen molar-refractivity contribution in [1.82, 2.24) is 0 Å². The Kier molecular flexibility index (Phi) is 4.59. The third-order valence-corrected chi connectivity index (χ3v) is 8.59. The van der Waals surface area contributed by atoms with Crippen LogP contribution in [-0.4, -0.2) is 0 Å². The summed E-state index contributed by atoms with van der Waals surface area (Å²) in [5.41, 5.74) is 7.10. The molecule has 0 bridgehead atoms. The highest BCUT2D eigenvalue weighted by Gasteiger charge is 2.47. The minimum Gasteiger partial charge on any atom is -0.0843 e. The number of hydrogen-bond donors (Lipinski definition) is 0. The monoisotopic (exact) mass is 502 g/mol. The molecular formula is C37H23Cl. The summed E-state index contributed by atoms with van der Waals surface area (Å²) >= 11 is 6.78. The van der Waals surface area contributed by atoms with Gasteiger partial charge in [-0.2, -0.15) is 0 Å². The van der Waals surface area contributed by atoms with Gasteiger partial charge >= 0.3 is 0 Å². The van der Waals surface area contributed by atoms with Crippen LogP contribution in [0.25, 0.3) is 43.4 Å². The summed E-state index contributed by atoms with van der Waals surface area (Å²) in [6.07, 6.45) is 0. The van der Waals surface area contributed by atoms with Crippen molar-refractivity contribution in [2.24, 2.45) is 0 Å². The number of halogens is 1. The Morgan fingerprint density at radius 3 is 1.63 bits per heavy atom. The maximum absolute atomic E-state index is 6.78. The summed E-state index contributed by atoms with van der Waals surface area (Å²) in [6, 6.07) is 50.9. The van der Waals surface area contributed by atoms with Crippen LogP contribution in [0.15, 0.2) is 140 Å². The van der Waals surface area contributed by atoms with Crippen LogP contribution in [-0.2, 0) is 5.41 Å². The molecule has 0 nitrogen and oxygen atoms in total. The Balaban J connectivity index is 1.58. The first kappa shape index (κ1) is 21.7. The standard InChI is InChI=1S/C37H23Cl/c38-31-18-19-33-35(23-31)37(29-16-13-24-7-1-3-10-27(24)21-29,30-17-14-25-8-2-4-11-28(25)22-30)34-20-15-26-9-5-6-12-32(26)36(33)34/h1-23H. The van der Waals surface area contributed by atoms with Crippen LogP contribution in [0.4, 0.5) is 0 Å². The van der Waals surface area contributed by atoms with Crippen LogP contribution in [0.1, 0.15) is 22.3 Å². The fourth-order valence-electron chi connectivity index (χ4n) is 6.70. The summed E-state index contributed by atoms with van der Waals surface area (Å²) in [5, 5.41) is 8.25. The van der Waals surface area contributed by atoms with Gasteiger partial charge in [0.2, 0.25) is 0 Å². The first-order valence-corrected chi connectivity index (χ1v) is 13.4. The lowest BCUT2D eigenvalue weighted by Crippen LogP contribution is -2.28. The molecule has 0 radical (unpaired) electrons. The molecule has 38 heavy (non-hydrogen) atoms. The molecular weight excluding hydrogens is 480 g/mol. The van der Waals surface area contributed by atoms with Crippen molar-refractivity contribution in [1.29, 1.82) is 0 Å². The van der Waals surface area contributed by atoms with Gasteiger partial charge in [0.15, 0.2) is 0 Å². The molecule has 1 aliphatic rings. The normalized spacial score (nSPS) is 13.6. The molecule has 0 saturated carbocycles. The Labute approximate surface area is 226 Å². The molecule has 0 N–H and O–H groups in total. The van der Waals surface area contributed by atoms with Crippen LogP contribution >= 0.6 is 11.6 Å². The second kappa shape index (κ2) is 8.05.